The third-order valence-corrected chi connectivity index (χ3v) is 6.09. The molecule has 3 aromatic rings. The Balaban J connectivity index is 1.68. The van der Waals surface area contributed by atoms with Crippen LogP contribution in [-0.2, 0) is 4.79 Å². The fraction of sp³-hybridized carbons (Fsp3) is 0.222. The van der Waals surface area contributed by atoms with Crippen molar-refractivity contribution < 1.29 is 14.3 Å². The van der Waals surface area contributed by atoms with Crippen LogP contribution in [0.3, 0.4) is 0 Å². The Morgan fingerprint density at radius 2 is 1.64 bits per heavy atom. The maximum Gasteiger partial charge on any atom is 0.304 e. The zero-order valence-corrected chi connectivity index (χ0v) is 19.6. The molecule has 1 fully saturated rings. The second kappa shape index (κ2) is 9.59. The van der Waals surface area contributed by atoms with E-state index in [1.807, 2.05) is 49.5 Å². The number of hydrazone groups is 1. The van der Waals surface area contributed by atoms with Crippen LogP contribution in [0.1, 0.15) is 58.4 Å². The summed E-state index contributed by atoms with van der Waals surface area (Å²) in [4.78, 5) is 25.9. The summed E-state index contributed by atoms with van der Waals surface area (Å²) in [6, 6.07) is 21.7. The zero-order valence-electron chi connectivity index (χ0n) is 18.9. The highest BCUT2D eigenvalue weighted by atomic mass is 35.5. The Hall–Kier alpha value is -3.44. The first kappa shape index (κ1) is 22.7. The van der Waals surface area contributed by atoms with E-state index in [4.69, 9.17) is 11.6 Å². The van der Waals surface area contributed by atoms with Gasteiger partial charge in [-0.25, -0.2) is 0 Å². The van der Waals surface area contributed by atoms with E-state index in [1.54, 1.807) is 28.9 Å². The summed E-state index contributed by atoms with van der Waals surface area (Å²) < 4.78 is 1.78. The summed E-state index contributed by atoms with van der Waals surface area (Å²) >= 11 is 5.94. The first-order valence-corrected chi connectivity index (χ1v) is 11.4. The smallest absolute Gasteiger partial charge is 0.304 e. The van der Waals surface area contributed by atoms with Gasteiger partial charge < -0.3 is 5.32 Å². The molecule has 5 nitrogen and oxygen atoms in total. The summed E-state index contributed by atoms with van der Waals surface area (Å²) in [5.41, 5.74) is 7.63. The highest BCUT2D eigenvalue weighted by molar-refractivity contribution is 6.30. The molecular weight excluding hydrogens is 434 g/mol. The molecule has 3 aromatic carbocycles. The van der Waals surface area contributed by atoms with Crippen LogP contribution in [0.25, 0.3) is 0 Å². The number of hydrogen-bond donors (Lipinski definition) is 2. The maximum absolute atomic E-state index is 13.0. The van der Waals surface area contributed by atoms with E-state index < -0.39 is 12.1 Å². The van der Waals surface area contributed by atoms with Crippen molar-refractivity contribution in [2.24, 2.45) is 0 Å². The van der Waals surface area contributed by atoms with E-state index in [-0.39, 0.29) is 11.8 Å². The molecular formula is C27H27ClN3O2+. The lowest BCUT2D eigenvalue weighted by Crippen LogP contribution is -2.42. The number of rotatable bonds is 5. The average Bonchev–Trinajstić information content (AvgIpc) is 3.09. The Morgan fingerprint density at radius 3 is 2.24 bits per heavy atom. The minimum absolute atomic E-state index is 0.266. The van der Waals surface area contributed by atoms with Crippen molar-refractivity contribution in [3.63, 3.8) is 0 Å². The van der Waals surface area contributed by atoms with E-state index in [9.17, 15) is 9.59 Å². The number of hydrazine groups is 1. The molecule has 0 radical (unpaired) electrons. The monoisotopic (exact) mass is 460 g/mol. The molecule has 2 N–H and O–H groups in total. The number of benzene rings is 3. The van der Waals surface area contributed by atoms with E-state index >= 15 is 0 Å². The number of nitrogens with zero attached hydrogens (tertiary/aromatic N) is 1. The summed E-state index contributed by atoms with van der Waals surface area (Å²) in [6.45, 7) is 6.32. The predicted molar refractivity (Wildman–Crippen MR) is 131 cm³/mol. The van der Waals surface area contributed by atoms with Crippen LogP contribution < -0.4 is 10.7 Å². The zero-order chi connectivity index (χ0) is 23.5. The van der Waals surface area contributed by atoms with Crippen molar-refractivity contribution in [2.75, 3.05) is 0 Å². The number of hydrogen-bond acceptors (Lipinski definition) is 2. The fourth-order valence-corrected chi connectivity index (χ4v) is 4.02. The standard InChI is InChI=1S/C27H26ClN3O2/c1-17(2)20-10-6-19(7-11-20)16-31-25(21-8-4-18(3)5-9-21)24(27(33)30-31)29-26(32)22-12-14-23(28)15-13-22/h4-17,24-25H,1-3H3,(H-,29,30,32,33)/p+1/b31-16-/t24-,25+/m1/s1. The SMILES string of the molecule is Cc1ccc([C@H]2[C@@H](NC(=O)c3ccc(Cl)cc3)C(=O)N/[N+]2=C\c2ccc(C(C)C)cc2)cc1. The van der Waals surface area contributed by atoms with Gasteiger partial charge in [0, 0.05) is 21.7 Å². The molecule has 33 heavy (non-hydrogen) atoms. The summed E-state index contributed by atoms with van der Waals surface area (Å²) in [6.07, 6.45) is 1.90. The second-order valence-electron chi connectivity index (χ2n) is 8.65. The number of nitrogens with one attached hydrogen (secondary N) is 2. The molecule has 2 amide bonds. The van der Waals surface area contributed by atoms with E-state index in [0.29, 0.717) is 16.5 Å². The summed E-state index contributed by atoms with van der Waals surface area (Å²) in [5.74, 6) is -0.150. The molecule has 0 spiro atoms. The molecule has 0 aliphatic carbocycles. The third-order valence-electron chi connectivity index (χ3n) is 5.84. The lowest BCUT2D eigenvalue weighted by molar-refractivity contribution is -0.596. The number of carbonyl (C=O) groups is 2. The predicted octanol–water partition coefficient (Wildman–Crippen LogP) is 4.79. The van der Waals surface area contributed by atoms with Crippen molar-refractivity contribution in [1.82, 2.24) is 10.7 Å². The van der Waals surface area contributed by atoms with Gasteiger partial charge in [-0.05, 0) is 54.8 Å². The normalized spacial score (nSPS) is 19.1. The van der Waals surface area contributed by atoms with Gasteiger partial charge in [-0.1, -0.05) is 67.4 Å². The molecule has 0 aromatic heterocycles. The van der Waals surface area contributed by atoms with Gasteiger partial charge >= 0.3 is 5.91 Å². The van der Waals surface area contributed by atoms with Gasteiger partial charge in [-0.2, -0.15) is 0 Å². The summed E-state index contributed by atoms with van der Waals surface area (Å²) in [5, 5.41) is 3.46. The average molecular weight is 461 g/mol. The van der Waals surface area contributed by atoms with Gasteiger partial charge in [0.25, 0.3) is 5.91 Å². The maximum atomic E-state index is 13.0. The molecule has 2 atom stereocenters. The number of carbonyl (C=O) groups excluding carboxylic acids is 2. The summed E-state index contributed by atoms with van der Waals surface area (Å²) in [7, 11) is 0. The molecule has 1 aliphatic rings. The van der Waals surface area contributed by atoms with Crippen molar-refractivity contribution in [2.45, 2.75) is 38.8 Å². The molecule has 0 bridgehead atoms. The van der Waals surface area contributed by atoms with Crippen LogP contribution in [0.4, 0.5) is 0 Å². The Morgan fingerprint density at radius 1 is 1.00 bits per heavy atom. The third kappa shape index (κ3) is 5.15. The van der Waals surface area contributed by atoms with Crippen molar-refractivity contribution in [3.05, 3.63) is 106 Å². The largest absolute Gasteiger partial charge is 0.334 e. The lowest BCUT2D eigenvalue weighted by Gasteiger charge is -2.15. The van der Waals surface area contributed by atoms with Gasteiger partial charge in [-0.3, -0.25) is 9.59 Å². The van der Waals surface area contributed by atoms with Crippen LogP contribution in [0.5, 0.6) is 0 Å². The molecule has 1 aliphatic heterocycles. The van der Waals surface area contributed by atoms with Crippen molar-refractivity contribution in [3.8, 4) is 0 Å². The minimum Gasteiger partial charge on any atom is -0.334 e. The molecule has 0 unspecified atom stereocenters. The van der Waals surface area contributed by atoms with Crippen LogP contribution in [-0.4, -0.2) is 28.8 Å². The van der Waals surface area contributed by atoms with Crippen molar-refractivity contribution >= 4 is 29.6 Å². The lowest BCUT2D eigenvalue weighted by atomic mass is 9.98. The second-order valence-corrected chi connectivity index (χ2v) is 9.08. The molecule has 0 saturated carbocycles. The Labute approximate surface area is 199 Å². The molecule has 1 heterocycles. The van der Waals surface area contributed by atoms with Gasteiger partial charge in [0.1, 0.15) is 0 Å². The highest BCUT2D eigenvalue weighted by Gasteiger charge is 2.47. The van der Waals surface area contributed by atoms with Gasteiger partial charge in [0.2, 0.25) is 12.3 Å². The van der Waals surface area contributed by atoms with E-state index in [2.05, 4.69) is 36.7 Å². The Bertz CT molecular complexity index is 1180. The topological polar surface area (TPSA) is 61.2 Å². The van der Waals surface area contributed by atoms with Crippen LogP contribution >= 0.6 is 11.6 Å². The van der Waals surface area contributed by atoms with Gasteiger partial charge in [0.15, 0.2) is 6.04 Å². The van der Waals surface area contributed by atoms with E-state index in [0.717, 1.165) is 16.7 Å². The highest BCUT2D eigenvalue weighted by Crippen LogP contribution is 2.26. The number of aryl methyl sites for hydroxylation is 1. The quantitative estimate of drug-likeness (QED) is 0.538. The van der Waals surface area contributed by atoms with Crippen molar-refractivity contribution in [1.29, 1.82) is 0 Å². The molecule has 1 saturated heterocycles. The molecule has 6 heteroatoms. The van der Waals surface area contributed by atoms with E-state index in [1.165, 1.54) is 5.56 Å². The first-order valence-electron chi connectivity index (χ1n) is 11.0. The van der Waals surface area contributed by atoms with Crippen LogP contribution in [0, 0.1) is 6.92 Å². The molecule has 168 valence electrons. The molecule has 4 rings (SSSR count). The van der Waals surface area contributed by atoms with Gasteiger partial charge in [-0.15, -0.1) is 10.1 Å². The Kier molecular flexibility index (Phi) is 6.61. The fourth-order valence-electron chi connectivity index (χ4n) is 3.90. The number of halogens is 1. The van der Waals surface area contributed by atoms with Crippen LogP contribution in [0.15, 0.2) is 72.8 Å². The van der Waals surface area contributed by atoms with Crippen LogP contribution in [0.2, 0.25) is 5.02 Å². The van der Waals surface area contributed by atoms with Gasteiger partial charge in [0.05, 0.1) is 0 Å². The first-order chi connectivity index (χ1) is 15.8. The minimum atomic E-state index is -0.762. The number of amides is 2.